The molecule has 0 aliphatic rings. The lowest BCUT2D eigenvalue weighted by Gasteiger charge is -2.03. The molecule has 2 N–H and O–H groups in total. The molecule has 1 heterocycles. The molecular weight excluding hydrogens is 196 g/mol. The van der Waals surface area contributed by atoms with Gasteiger partial charge in [0.05, 0.1) is 0 Å². The van der Waals surface area contributed by atoms with E-state index in [9.17, 15) is 0 Å². The van der Waals surface area contributed by atoms with Crippen LogP contribution >= 0.6 is 0 Å². The van der Waals surface area contributed by atoms with Gasteiger partial charge in [0.15, 0.2) is 0 Å². The molecule has 0 amide bonds. The molecular formula is C14H16N2. The first-order valence-electron chi connectivity index (χ1n) is 5.60. The first-order chi connectivity index (χ1) is 7.79. The summed E-state index contributed by atoms with van der Waals surface area (Å²) in [4.78, 5) is 4.09. The highest BCUT2D eigenvalue weighted by molar-refractivity contribution is 5.63. The zero-order chi connectivity index (χ0) is 11.4. The number of aryl methyl sites for hydroxylation is 1. The van der Waals surface area contributed by atoms with Crippen molar-refractivity contribution in [3.8, 4) is 11.1 Å². The fourth-order valence-corrected chi connectivity index (χ4v) is 1.73. The lowest BCUT2D eigenvalue weighted by molar-refractivity contribution is 0.922. The number of nitrogens with two attached hydrogens (primary N) is 1. The van der Waals surface area contributed by atoms with Crippen LogP contribution in [0.3, 0.4) is 0 Å². The largest absolute Gasteiger partial charge is 0.384 e. The number of aromatic nitrogens is 1. The van der Waals surface area contributed by atoms with Gasteiger partial charge in [0, 0.05) is 11.8 Å². The van der Waals surface area contributed by atoms with Gasteiger partial charge in [-0.1, -0.05) is 37.6 Å². The summed E-state index contributed by atoms with van der Waals surface area (Å²) in [5.41, 5.74) is 9.24. The van der Waals surface area contributed by atoms with E-state index in [-0.39, 0.29) is 0 Å². The van der Waals surface area contributed by atoms with Crippen LogP contribution in [0.1, 0.15) is 18.9 Å². The molecule has 0 bridgehead atoms. The average Bonchev–Trinajstić information content (AvgIpc) is 2.32. The van der Waals surface area contributed by atoms with Crippen LogP contribution in [0.5, 0.6) is 0 Å². The number of nitrogens with zero attached hydrogens (tertiary/aromatic N) is 1. The smallest absolute Gasteiger partial charge is 0.123 e. The molecule has 0 saturated heterocycles. The van der Waals surface area contributed by atoms with Crippen molar-refractivity contribution in [2.75, 3.05) is 5.73 Å². The lowest BCUT2D eigenvalue weighted by Crippen LogP contribution is -1.89. The zero-order valence-electron chi connectivity index (χ0n) is 9.48. The van der Waals surface area contributed by atoms with E-state index >= 15 is 0 Å². The summed E-state index contributed by atoms with van der Waals surface area (Å²) in [5, 5.41) is 0. The Balaban J connectivity index is 2.24. The van der Waals surface area contributed by atoms with E-state index in [0.717, 1.165) is 12.0 Å². The van der Waals surface area contributed by atoms with Crippen molar-refractivity contribution in [1.29, 1.82) is 0 Å². The first-order valence-corrected chi connectivity index (χ1v) is 5.60. The molecule has 0 aliphatic carbocycles. The number of benzene rings is 1. The molecule has 82 valence electrons. The first kappa shape index (κ1) is 10.7. The van der Waals surface area contributed by atoms with E-state index in [1.165, 1.54) is 17.5 Å². The summed E-state index contributed by atoms with van der Waals surface area (Å²) < 4.78 is 0. The highest BCUT2D eigenvalue weighted by Crippen LogP contribution is 2.19. The van der Waals surface area contributed by atoms with Gasteiger partial charge >= 0.3 is 0 Å². The van der Waals surface area contributed by atoms with E-state index in [1.807, 2.05) is 18.3 Å². The molecule has 0 fully saturated rings. The molecule has 0 atom stereocenters. The average molecular weight is 212 g/mol. The van der Waals surface area contributed by atoms with E-state index in [0.29, 0.717) is 5.82 Å². The van der Waals surface area contributed by atoms with Gasteiger partial charge in [-0.05, 0) is 29.7 Å². The number of pyridine rings is 1. The second kappa shape index (κ2) is 4.79. The van der Waals surface area contributed by atoms with Crippen molar-refractivity contribution in [2.24, 2.45) is 0 Å². The summed E-state index contributed by atoms with van der Waals surface area (Å²) in [6.07, 6.45) is 4.13. The van der Waals surface area contributed by atoms with Gasteiger partial charge in [0.1, 0.15) is 5.82 Å². The summed E-state index contributed by atoms with van der Waals surface area (Å²) in [6.45, 7) is 2.19. The highest BCUT2D eigenvalue weighted by Gasteiger charge is 1.98. The molecule has 1 aromatic heterocycles. The SMILES string of the molecule is CCCc1ccc(-c2ccc(N)nc2)cc1. The van der Waals surface area contributed by atoms with E-state index < -0.39 is 0 Å². The van der Waals surface area contributed by atoms with Crippen molar-refractivity contribution >= 4 is 5.82 Å². The molecule has 1 aromatic carbocycles. The van der Waals surface area contributed by atoms with Gasteiger partial charge in [-0.2, -0.15) is 0 Å². The summed E-state index contributed by atoms with van der Waals surface area (Å²) >= 11 is 0. The van der Waals surface area contributed by atoms with Gasteiger partial charge in [0.25, 0.3) is 0 Å². The van der Waals surface area contributed by atoms with Crippen LogP contribution in [0.2, 0.25) is 0 Å². The third-order valence-corrected chi connectivity index (χ3v) is 2.61. The second-order valence-electron chi connectivity index (χ2n) is 3.92. The topological polar surface area (TPSA) is 38.9 Å². The van der Waals surface area contributed by atoms with Crippen molar-refractivity contribution < 1.29 is 0 Å². The fourth-order valence-electron chi connectivity index (χ4n) is 1.73. The Kier molecular flexibility index (Phi) is 3.20. The Morgan fingerprint density at radius 1 is 1.00 bits per heavy atom. The Morgan fingerprint density at radius 2 is 1.69 bits per heavy atom. The maximum Gasteiger partial charge on any atom is 0.123 e. The molecule has 2 nitrogen and oxygen atoms in total. The van der Waals surface area contributed by atoms with Crippen LogP contribution in [-0.2, 0) is 6.42 Å². The van der Waals surface area contributed by atoms with Crippen LogP contribution in [-0.4, -0.2) is 4.98 Å². The minimum atomic E-state index is 0.561. The number of anilines is 1. The second-order valence-corrected chi connectivity index (χ2v) is 3.92. The van der Waals surface area contributed by atoms with Gasteiger partial charge < -0.3 is 5.73 Å². The summed E-state index contributed by atoms with van der Waals surface area (Å²) in [5.74, 6) is 0.561. The maximum absolute atomic E-state index is 5.56. The highest BCUT2D eigenvalue weighted by atomic mass is 14.8. The van der Waals surface area contributed by atoms with Crippen molar-refractivity contribution in [3.63, 3.8) is 0 Å². The fraction of sp³-hybridized carbons (Fsp3) is 0.214. The number of hydrogen-bond acceptors (Lipinski definition) is 2. The maximum atomic E-state index is 5.56. The quantitative estimate of drug-likeness (QED) is 0.848. The zero-order valence-corrected chi connectivity index (χ0v) is 9.48. The Bertz CT molecular complexity index is 443. The Hall–Kier alpha value is -1.83. The van der Waals surface area contributed by atoms with E-state index in [1.54, 1.807) is 0 Å². The van der Waals surface area contributed by atoms with Crippen LogP contribution in [0, 0.1) is 0 Å². The standard InChI is InChI=1S/C14H16N2/c1-2-3-11-4-6-12(7-5-11)13-8-9-14(15)16-10-13/h4-10H,2-3H2,1H3,(H2,15,16). The molecule has 16 heavy (non-hydrogen) atoms. The molecule has 2 aromatic rings. The molecule has 0 saturated carbocycles. The summed E-state index contributed by atoms with van der Waals surface area (Å²) in [7, 11) is 0. The summed E-state index contributed by atoms with van der Waals surface area (Å²) in [6, 6.07) is 12.5. The van der Waals surface area contributed by atoms with Crippen LogP contribution in [0.15, 0.2) is 42.6 Å². The van der Waals surface area contributed by atoms with Crippen molar-refractivity contribution in [3.05, 3.63) is 48.2 Å². The van der Waals surface area contributed by atoms with Crippen molar-refractivity contribution in [2.45, 2.75) is 19.8 Å². The molecule has 2 rings (SSSR count). The predicted octanol–water partition coefficient (Wildman–Crippen LogP) is 3.28. The van der Waals surface area contributed by atoms with E-state index in [2.05, 4.69) is 36.2 Å². The molecule has 2 heteroatoms. The van der Waals surface area contributed by atoms with Gasteiger partial charge in [-0.25, -0.2) is 4.98 Å². The van der Waals surface area contributed by atoms with Gasteiger partial charge in [-0.15, -0.1) is 0 Å². The monoisotopic (exact) mass is 212 g/mol. The predicted molar refractivity (Wildman–Crippen MR) is 68.1 cm³/mol. The van der Waals surface area contributed by atoms with E-state index in [4.69, 9.17) is 5.73 Å². The normalized spacial score (nSPS) is 10.3. The minimum absolute atomic E-state index is 0.561. The Labute approximate surface area is 96.1 Å². The van der Waals surface area contributed by atoms with Crippen LogP contribution in [0.4, 0.5) is 5.82 Å². The number of hydrogen-bond donors (Lipinski definition) is 1. The third-order valence-electron chi connectivity index (χ3n) is 2.61. The van der Waals surface area contributed by atoms with Crippen LogP contribution < -0.4 is 5.73 Å². The Morgan fingerprint density at radius 3 is 2.25 bits per heavy atom. The molecule has 0 spiro atoms. The van der Waals surface area contributed by atoms with Gasteiger partial charge in [0.2, 0.25) is 0 Å². The third kappa shape index (κ3) is 2.40. The van der Waals surface area contributed by atoms with Crippen molar-refractivity contribution in [1.82, 2.24) is 4.98 Å². The lowest BCUT2D eigenvalue weighted by atomic mass is 10.0. The molecule has 0 radical (unpaired) electrons. The van der Waals surface area contributed by atoms with Gasteiger partial charge in [-0.3, -0.25) is 0 Å². The number of nitrogen functional groups attached to an aromatic ring is 1. The molecule has 0 aliphatic heterocycles. The number of rotatable bonds is 3. The minimum Gasteiger partial charge on any atom is -0.384 e. The van der Waals surface area contributed by atoms with Crippen LogP contribution in [0.25, 0.3) is 11.1 Å². The molecule has 0 unspecified atom stereocenters.